The summed E-state index contributed by atoms with van der Waals surface area (Å²) in [5, 5.41) is 0. The first-order valence-corrected chi connectivity index (χ1v) is 9.77. The molecule has 0 spiro atoms. The van der Waals surface area contributed by atoms with E-state index in [1.807, 2.05) is 0 Å². The van der Waals surface area contributed by atoms with Gasteiger partial charge in [-0.2, -0.15) is 0 Å². The van der Waals surface area contributed by atoms with Crippen molar-refractivity contribution in [2.75, 3.05) is 0 Å². The second kappa shape index (κ2) is 8.53. The summed E-state index contributed by atoms with van der Waals surface area (Å²) in [7, 11) is -0.0628. The van der Waals surface area contributed by atoms with Gasteiger partial charge in [-0.05, 0) is 64.4 Å². The van der Waals surface area contributed by atoms with Gasteiger partial charge in [0.2, 0.25) is 0 Å². The summed E-state index contributed by atoms with van der Waals surface area (Å²) in [5.74, 6) is 0. The van der Waals surface area contributed by atoms with Crippen molar-refractivity contribution < 1.29 is 9.31 Å². The molecule has 1 aromatic rings. The van der Waals surface area contributed by atoms with Crippen molar-refractivity contribution in [3.63, 3.8) is 0 Å². The van der Waals surface area contributed by atoms with Crippen LogP contribution in [0.4, 0.5) is 0 Å². The van der Waals surface area contributed by atoms with Gasteiger partial charge in [-0.1, -0.05) is 56.9 Å². The van der Waals surface area contributed by atoms with Crippen molar-refractivity contribution >= 4 is 7.12 Å². The molecule has 0 saturated carbocycles. The van der Waals surface area contributed by atoms with Crippen molar-refractivity contribution in [2.24, 2.45) is 0 Å². The first-order chi connectivity index (χ1) is 11.3. The minimum absolute atomic E-state index is 0.0628. The lowest BCUT2D eigenvalue weighted by Gasteiger charge is -2.32. The number of unbranched alkanes of at least 4 members (excludes halogenated alkanes) is 3. The van der Waals surface area contributed by atoms with Gasteiger partial charge < -0.3 is 9.31 Å². The van der Waals surface area contributed by atoms with Crippen LogP contribution in [-0.2, 0) is 22.2 Å². The van der Waals surface area contributed by atoms with Crippen molar-refractivity contribution in [3.05, 3.63) is 35.4 Å². The normalized spacial score (nSPS) is 19.0. The first kappa shape index (κ1) is 19.5. The lowest BCUT2D eigenvalue weighted by Crippen LogP contribution is -2.41. The van der Waals surface area contributed by atoms with Gasteiger partial charge in [0, 0.05) is 0 Å². The van der Waals surface area contributed by atoms with Crippen LogP contribution in [0.25, 0.3) is 0 Å². The number of hydrogen-bond donors (Lipinski definition) is 0. The highest BCUT2D eigenvalue weighted by molar-refractivity contribution is 6.45. The minimum Gasteiger partial charge on any atom is -0.403 e. The SMILES string of the molecule is CCCCCCc1cccc(CCCB2OC(C)(C)C(C)(C)O2)c1. The fraction of sp³-hybridized carbons (Fsp3) is 0.714. The van der Waals surface area contributed by atoms with Gasteiger partial charge in [-0.25, -0.2) is 0 Å². The van der Waals surface area contributed by atoms with Gasteiger partial charge in [-0.3, -0.25) is 0 Å². The van der Waals surface area contributed by atoms with Crippen LogP contribution in [0.1, 0.15) is 77.8 Å². The van der Waals surface area contributed by atoms with E-state index in [4.69, 9.17) is 9.31 Å². The fourth-order valence-corrected chi connectivity index (χ4v) is 3.25. The van der Waals surface area contributed by atoms with Crippen LogP contribution in [0.3, 0.4) is 0 Å². The molecular formula is C21H35BO2. The number of hydrogen-bond acceptors (Lipinski definition) is 2. The van der Waals surface area contributed by atoms with Crippen molar-refractivity contribution in [1.29, 1.82) is 0 Å². The van der Waals surface area contributed by atoms with Gasteiger partial charge >= 0.3 is 7.12 Å². The van der Waals surface area contributed by atoms with E-state index < -0.39 is 0 Å². The predicted octanol–water partition coefficient (Wildman–Crippen LogP) is 5.83. The van der Waals surface area contributed by atoms with Crippen LogP contribution in [0.5, 0.6) is 0 Å². The molecule has 0 aromatic heterocycles. The van der Waals surface area contributed by atoms with Crippen LogP contribution in [0, 0.1) is 0 Å². The standard InChI is InChI=1S/C21H35BO2/c1-6-7-8-9-12-18-13-10-14-19(17-18)15-11-16-22-23-20(2,3)21(4,5)24-22/h10,13-14,17H,6-9,11-12,15-16H2,1-5H3. The van der Waals surface area contributed by atoms with E-state index in [0.717, 1.165) is 19.2 Å². The van der Waals surface area contributed by atoms with Gasteiger partial charge in [0.1, 0.15) is 0 Å². The molecule has 0 bridgehead atoms. The molecule has 1 fully saturated rings. The van der Waals surface area contributed by atoms with Crippen LogP contribution in [-0.4, -0.2) is 18.3 Å². The predicted molar refractivity (Wildman–Crippen MR) is 103 cm³/mol. The zero-order valence-electron chi connectivity index (χ0n) is 16.4. The van der Waals surface area contributed by atoms with E-state index in [0.29, 0.717) is 0 Å². The van der Waals surface area contributed by atoms with Crippen molar-refractivity contribution in [3.8, 4) is 0 Å². The molecule has 0 atom stereocenters. The number of rotatable bonds is 9. The Hall–Kier alpha value is -0.795. The molecule has 1 aliphatic rings. The molecule has 0 amide bonds. The average molecular weight is 330 g/mol. The van der Waals surface area contributed by atoms with E-state index in [9.17, 15) is 0 Å². The molecule has 134 valence electrons. The van der Waals surface area contributed by atoms with Gasteiger partial charge in [-0.15, -0.1) is 0 Å². The summed E-state index contributed by atoms with van der Waals surface area (Å²) < 4.78 is 12.2. The molecule has 0 aliphatic carbocycles. The maximum Gasteiger partial charge on any atom is 0.457 e. The third-order valence-electron chi connectivity index (χ3n) is 5.52. The summed E-state index contributed by atoms with van der Waals surface area (Å²) in [6.07, 6.45) is 9.71. The van der Waals surface area contributed by atoms with Crippen LogP contribution in [0.2, 0.25) is 6.32 Å². The van der Waals surface area contributed by atoms with Crippen LogP contribution < -0.4 is 0 Å². The largest absolute Gasteiger partial charge is 0.457 e. The highest BCUT2D eigenvalue weighted by Crippen LogP contribution is 2.38. The zero-order chi connectivity index (χ0) is 17.6. The Morgan fingerprint density at radius 2 is 1.42 bits per heavy atom. The van der Waals surface area contributed by atoms with Gasteiger partial charge in [0.05, 0.1) is 11.2 Å². The van der Waals surface area contributed by atoms with Gasteiger partial charge in [0.25, 0.3) is 0 Å². The molecule has 0 N–H and O–H groups in total. The molecular weight excluding hydrogens is 295 g/mol. The topological polar surface area (TPSA) is 18.5 Å². The average Bonchev–Trinajstić information content (AvgIpc) is 2.72. The lowest BCUT2D eigenvalue weighted by molar-refractivity contribution is 0.00578. The Labute approximate surface area is 149 Å². The Balaban J connectivity index is 1.75. The number of aryl methyl sites for hydroxylation is 2. The maximum atomic E-state index is 6.08. The summed E-state index contributed by atoms with van der Waals surface area (Å²) in [4.78, 5) is 0. The molecule has 3 heteroatoms. The lowest BCUT2D eigenvalue weighted by atomic mass is 9.81. The third-order valence-corrected chi connectivity index (χ3v) is 5.52. The van der Waals surface area contributed by atoms with E-state index in [1.165, 1.54) is 43.2 Å². The quantitative estimate of drug-likeness (QED) is 0.419. The second-order valence-electron chi connectivity index (χ2n) is 8.21. The van der Waals surface area contributed by atoms with Crippen molar-refractivity contribution in [1.82, 2.24) is 0 Å². The summed E-state index contributed by atoms with van der Waals surface area (Å²) in [6.45, 7) is 10.7. The molecule has 2 nitrogen and oxygen atoms in total. The Morgan fingerprint density at radius 3 is 2.00 bits per heavy atom. The van der Waals surface area contributed by atoms with Crippen LogP contribution in [0.15, 0.2) is 24.3 Å². The van der Waals surface area contributed by atoms with Crippen molar-refractivity contribution in [2.45, 2.75) is 97.1 Å². The van der Waals surface area contributed by atoms with E-state index in [1.54, 1.807) is 0 Å². The highest BCUT2D eigenvalue weighted by atomic mass is 16.7. The Morgan fingerprint density at radius 1 is 0.833 bits per heavy atom. The fourth-order valence-electron chi connectivity index (χ4n) is 3.25. The smallest absolute Gasteiger partial charge is 0.403 e. The highest BCUT2D eigenvalue weighted by Gasteiger charge is 2.50. The third kappa shape index (κ3) is 5.36. The zero-order valence-corrected chi connectivity index (χ0v) is 16.4. The molecule has 1 aromatic carbocycles. The first-order valence-electron chi connectivity index (χ1n) is 9.77. The minimum atomic E-state index is -0.212. The van der Waals surface area contributed by atoms with Crippen LogP contribution >= 0.6 is 0 Å². The molecule has 1 saturated heterocycles. The monoisotopic (exact) mass is 330 g/mol. The molecule has 24 heavy (non-hydrogen) atoms. The molecule has 0 unspecified atom stereocenters. The Bertz CT molecular complexity index is 494. The van der Waals surface area contributed by atoms with Gasteiger partial charge in [0.15, 0.2) is 0 Å². The summed E-state index contributed by atoms with van der Waals surface area (Å²) in [5.41, 5.74) is 2.50. The number of benzene rings is 1. The van der Waals surface area contributed by atoms with E-state index in [-0.39, 0.29) is 18.3 Å². The molecule has 1 heterocycles. The summed E-state index contributed by atoms with van der Waals surface area (Å²) in [6, 6.07) is 9.11. The van der Waals surface area contributed by atoms with E-state index >= 15 is 0 Å². The second-order valence-corrected chi connectivity index (χ2v) is 8.21. The maximum absolute atomic E-state index is 6.08. The van der Waals surface area contributed by atoms with E-state index in [2.05, 4.69) is 58.9 Å². The molecule has 1 aliphatic heterocycles. The Kier molecular flexibility index (Phi) is 6.94. The summed E-state index contributed by atoms with van der Waals surface area (Å²) >= 11 is 0. The molecule has 2 rings (SSSR count). The molecule has 0 radical (unpaired) electrons.